The smallest absolute Gasteiger partial charge is 0.337 e. The summed E-state index contributed by atoms with van der Waals surface area (Å²) in [5.74, 6) is -0.450. The summed E-state index contributed by atoms with van der Waals surface area (Å²) in [6.07, 6.45) is 1.51. The first-order chi connectivity index (χ1) is 9.49. The Morgan fingerprint density at radius 3 is 2.85 bits per heavy atom. The number of rotatable bonds is 4. The van der Waals surface area contributed by atoms with Crippen LogP contribution < -0.4 is 5.43 Å². The number of hydrogen-bond donors (Lipinski definition) is 3. The first-order valence-electron chi connectivity index (χ1n) is 5.83. The van der Waals surface area contributed by atoms with E-state index in [9.17, 15) is 4.79 Å². The predicted octanol–water partition coefficient (Wildman–Crippen LogP) is 2.82. The summed E-state index contributed by atoms with van der Waals surface area (Å²) in [4.78, 5) is 18.1. The van der Waals surface area contributed by atoms with Crippen LogP contribution in [0.4, 0.5) is 5.82 Å². The van der Waals surface area contributed by atoms with Gasteiger partial charge in [-0.3, -0.25) is 5.43 Å². The summed E-state index contributed by atoms with van der Waals surface area (Å²) in [6.45, 7) is 3.44. The second-order valence-electron chi connectivity index (χ2n) is 4.18. The minimum absolute atomic E-state index is 0.271. The fourth-order valence-electron chi connectivity index (χ4n) is 1.86. The van der Waals surface area contributed by atoms with Crippen LogP contribution >= 0.6 is 11.6 Å². The fraction of sp³-hybridized carbons (Fsp3) is 0.154. The van der Waals surface area contributed by atoms with E-state index >= 15 is 0 Å². The molecule has 0 radical (unpaired) electrons. The maximum Gasteiger partial charge on any atom is 0.337 e. The quantitative estimate of drug-likeness (QED) is 0.459. The third-order valence-electron chi connectivity index (χ3n) is 2.78. The molecule has 0 unspecified atom stereocenters. The lowest BCUT2D eigenvalue weighted by molar-refractivity contribution is 0.0695. The number of halogens is 1. The van der Waals surface area contributed by atoms with Crippen molar-refractivity contribution in [3.8, 4) is 0 Å². The van der Waals surface area contributed by atoms with E-state index in [-0.39, 0.29) is 5.56 Å². The molecule has 0 aliphatic heterocycles. The van der Waals surface area contributed by atoms with Gasteiger partial charge in [0.2, 0.25) is 0 Å². The van der Waals surface area contributed by atoms with E-state index in [2.05, 4.69) is 20.5 Å². The van der Waals surface area contributed by atoms with E-state index in [0.29, 0.717) is 27.9 Å². The van der Waals surface area contributed by atoms with Crippen molar-refractivity contribution in [2.45, 2.75) is 13.8 Å². The molecule has 2 heterocycles. The van der Waals surface area contributed by atoms with Gasteiger partial charge < -0.3 is 10.1 Å². The van der Waals surface area contributed by atoms with Crippen molar-refractivity contribution in [3.05, 3.63) is 45.9 Å². The Morgan fingerprint density at radius 2 is 2.25 bits per heavy atom. The number of nitrogens with one attached hydrogen (secondary N) is 2. The van der Waals surface area contributed by atoms with Crippen LogP contribution in [0.5, 0.6) is 0 Å². The van der Waals surface area contributed by atoms with Crippen molar-refractivity contribution in [2.24, 2.45) is 5.10 Å². The molecule has 0 atom stereocenters. The normalized spacial score (nSPS) is 10.9. The second-order valence-corrected chi connectivity index (χ2v) is 4.57. The number of aromatic carboxylic acids is 1. The first-order valence-corrected chi connectivity index (χ1v) is 6.21. The first kappa shape index (κ1) is 14.1. The Morgan fingerprint density at radius 1 is 1.50 bits per heavy atom. The van der Waals surface area contributed by atoms with Crippen LogP contribution in [0.15, 0.2) is 23.3 Å². The maximum absolute atomic E-state index is 11.1. The maximum atomic E-state index is 11.1. The number of aromatic amines is 1. The van der Waals surface area contributed by atoms with Crippen LogP contribution in [0.3, 0.4) is 0 Å². The number of carboxylic acid groups (broad SMARTS) is 1. The van der Waals surface area contributed by atoms with E-state index in [1.165, 1.54) is 6.21 Å². The molecule has 2 rings (SSSR count). The summed E-state index contributed by atoms with van der Waals surface area (Å²) in [5, 5.41) is 13.5. The molecule has 3 N–H and O–H groups in total. The molecule has 0 spiro atoms. The molecule has 0 fully saturated rings. The Bertz CT molecular complexity index is 679. The minimum Gasteiger partial charge on any atom is -0.478 e. The number of carbonyl (C=O) groups is 1. The van der Waals surface area contributed by atoms with Gasteiger partial charge in [0, 0.05) is 5.69 Å². The lowest BCUT2D eigenvalue weighted by Gasteiger charge is -1.98. The zero-order valence-corrected chi connectivity index (χ0v) is 11.7. The zero-order chi connectivity index (χ0) is 14.7. The summed E-state index contributed by atoms with van der Waals surface area (Å²) < 4.78 is 0. The van der Waals surface area contributed by atoms with Gasteiger partial charge in [0.15, 0.2) is 0 Å². The highest BCUT2D eigenvalue weighted by Gasteiger charge is 2.15. The largest absolute Gasteiger partial charge is 0.478 e. The van der Waals surface area contributed by atoms with Crippen molar-refractivity contribution in [3.63, 3.8) is 0 Å². The summed E-state index contributed by atoms with van der Waals surface area (Å²) >= 11 is 5.75. The number of anilines is 1. The van der Waals surface area contributed by atoms with E-state index < -0.39 is 5.97 Å². The number of pyridine rings is 1. The molecule has 2 aromatic rings. The number of hydrogen-bond acceptors (Lipinski definition) is 4. The van der Waals surface area contributed by atoms with E-state index in [1.54, 1.807) is 32.0 Å². The molecule has 0 aliphatic rings. The molecule has 20 heavy (non-hydrogen) atoms. The fourth-order valence-corrected chi connectivity index (χ4v) is 2.02. The van der Waals surface area contributed by atoms with Crippen molar-refractivity contribution >= 4 is 29.6 Å². The molecule has 0 aromatic carbocycles. The van der Waals surface area contributed by atoms with Crippen LogP contribution in [0.25, 0.3) is 0 Å². The third-order valence-corrected chi connectivity index (χ3v) is 2.99. The van der Waals surface area contributed by atoms with Gasteiger partial charge in [-0.15, -0.1) is 0 Å². The highest BCUT2D eigenvalue weighted by Crippen LogP contribution is 2.16. The molecular formula is C13H13ClN4O2. The Hall–Kier alpha value is -2.34. The number of carboxylic acids is 1. The molecule has 7 heteroatoms. The van der Waals surface area contributed by atoms with E-state index in [0.717, 1.165) is 0 Å². The Balaban J connectivity index is 2.16. The molecule has 0 aliphatic carbocycles. The van der Waals surface area contributed by atoms with Crippen LogP contribution in [-0.2, 0) is 0 Å². The van der Waals surface area contributed by atoms with Crippen LogP contribution in [-0.4, -0.2) is 27.3 Å². The highest BCUT2D eigenvalue weighted by molar-refractivity contribution is 6.29. The molecule has 0 saturated heterocycles. The van der Waals surface area contributed by atoms with Gasteiger partial charge in [0.05, 0.1) is 17.5 Å². The number of H-pyrrole nitrogens is 1. The van der Waals surface area contributed by atoms with Gasteiger partial charge in [-0.2, -0.15) is 5.10 Å². The van der Waals surface area contributed by atoms with Crippen molar-refractivity contribution < 1.29 is 9.90 Å². The minimum atomic E-state index is -0.958. The molecule has 2 aromatic heterocycles. The van der Waals surface area contributed by atoms with Gasteiger partial charge >= 0.3 is 5.97 Å². The second kappa shape index (κ2) is 5.75. The summed E-state index contributed by atoms with van der Waals surface area (Å²) in [6, 6.07) is 5.13. The van der Waals surface area contributed by atoms with Crippen LogP contribution in [0.1, 0.15) is 27.3 Å². The molecular weight excluding hydrogens is 280 g/mol. The van der Waals surface area contributed by atoms with Crippen LogP contribution in [0.2, 0.25) is 5.15 Å². The lowest BCUT2D eigenvalue weighted by Crippen LogP contribution is -1.99. The Labute approximate surface area is 120 Å². The molecule has 0 saturated carbocycles. The monoisotopic (exact) mass is 292 g/mol. The predicted molar refractivity (Wildman–Crippen MR) is 77.7 cm³/mol. The molecule has 104 valence electrons. The van der Waals surface area contributed by atoms with Gasteiger partial charge in [-0.25, -0.2) is 9.78 Å². The number of hydrazone groups is 1. The average Bonchev–Trinajstić information content (AvgIpc) is 2.64. The number of aryl methyl sites for hydroxylation is 1. The van der Waals surface area contributed by atoms with E-state index in [4.69, 9.17) is 16.7 Å². The summed E-state index contributed by atoms with van der Waals surface area (Å²) in [7, 11) is 0. The third kappa shape index (κ3) is 2.97. The molecule has 6 nitrogen and oxygen atoms in total. The van der Waals surface area contributed by atoms with Crippen LogP contribution in [0, 0.1) is 13.8 Å². The van der Waals surface area contributed by atoms with Gasteiger partial charge in [0.25, 0.3) is 0 Å². The standard InChI is InChI=1S/C13H13ClN4O2/c1-7-9(16-8(2)12(7)13(19)20)6-15-18-11-5-3-4-10(14)17-11/h3-6,16H,1-2H3,(H,17,18)(H,19,20)/b15-6-. The topological polar surface area (TPSA) is 90.4 Å². The summed E-state index contributed by atoms with van der Waals surface area (Å²) in [5.41, 5.74) is 4.86. The SMILES string of the molecule is Cc1[nH]c(/C=N\Nc2cccc(Cl)n2)c(C)c1C(=O)O. The van der Waals surface area contributed by atoms with Gasteiger partial charge in [-0.1, -0.05) is 17.7 Å². The van der Waals surface area contributed by atoms with Crippen molar-refractivity contribution in [1.82, 2.24) is 9.97 Å². The number of aromatic nitrogens is 2. The molecule has 0 amide bonds. The van der Waals surface area contributed by atoms with Gasteiger partial charge in [0.1, 0.15) is 11.0 Å². The Kier molecular flexibility index (Phi) is 4.05. The molecule has 0 bridgehead atoms. The highest BCUT2D eigenvalue weighted by atomic mass is 35.5. The zero-order valence-electron chi connectivity index (χ0n) is 10.9. The van der Waals surface area contributed by atoms with E-state index in [1.807, 2.05) is 0 Å². The van der Waals surface area contributed by atoms with Gasteiger partial charge in [-0.05, 0) is 31.5 Å². The average molecular weight is 293 g/mol. The number of nitrogens with zero attached hydrogens (tertiary/aromatic N) is 2. The van der Waals surface area contributed by atoms with Crippen molar-refractivity contribution in [1.29, 1.82) is 0 Å². The van der Waals surface area contributed by atoms with Crippen molar-refractivity contribution in [2.75, 3.05) is 5.43 Å². The lowest BCUT2D eigenvalue weighted by atomic mass is 10.1.